The number of fused-ring (bicyclic) bond motifs is 5. The van der Waals surface area contributed by atoms with Gasteiger partial charge in [-0.3, -0.25) is 4.79 Å². The van der Waals surface area contributed by atoms with Crippen LogP contribution in [0.3, 0.4) is 0 Å². The topological polar surface area (TPSA) is 17.1 Å². The Balaban J connectivity index is 1.47. The summed E-state index contributed by atoms with van der Waals surface area (Å²) in [5, 5.41) is 0. The molecule has 4 saturated carbocycles. The van der Waals surface area contributed by atoms with Crippen molar-refractivity contribution >= 4 is 5.78 Å². The largest absolute Gasteiger partial charge is 0.299 e. The zero-order valence-corrected chi connectivity index (χ0v) is 19.4. The van der Waals surface area contributed by atoms with E-state index in [9.17, 15) is 4.79 Å². The molecule has 0 radical (unpaired) electrons. The Morgan fingerprint density at radius 3 is 2.36 bits per heavy atom. The average molecular weight is 387 g/mol. The summed E-state index contributed by atoms with van der Waals surface area (Å²) < 4.78 is 0. The smallest absolute Gasteiger partial charge is 0.135 e. The van der Waals surface area contributed by atoms with Crippen molar-refractivity contribution in [2.45, 2.75) is 112 Å². The molecule has 1 nitrogen and oxygen atoms in total. The highest BCUT2D eigenvalue weighted by Gasteiger charge is 2.60. The van der Waals surface area contributed by atoms with Gasteiger partial charge in [0.05, 0.1) is 0 Å². The van der Waals surface area contributed by atoms with Gasteiger partial charge in [0.25, 0.3) is 0 Å². The third-order valence-corrected chi connectivity index (χ3v) is 10.8. The summed E-state index contributed by atoms with van der Waals surface area (Å²) >= 11 is 0. The molecule has 0 aromatic carbocycles. The predicted octanol–water partition coefficient (Wildman–Crippen LogP) is 7.68. The van der Waals surface area contributed by atoms with E-state index < -0.39 is 0 Å². The maximum Gasteiger partial charge on any atom is 0.135 e. The molecular formula is C27H46O. The van der Waals surface area contributed by atoms with E-state index in [1.807, 2.05) is 0 Å². The molecule has 0 bridgehead atoms. The van der Waals surface area contributed by atoms with E-state index in [1.54, 1.807) is 0 Å². The normalized spacial score (nSPS) is 46.6. The van der Waals surface area contributed by atoms with Crippen molar-refractivity contribution in [1.29, 1.82) is 0 Å². The first-order chi connectivity index (χ1) is 13.3. The molecule has 0 amide bonds. The lowest BCUT2D eigenvalue weighted by molar-refractivity contribution is -0.123. The molecule has 4 aliphatic carbocycles. The van der Waals surface area contributed by atoms with Crippen molar-refractivity contribution in [3.8, 4) is 0 Å². The predicted molar refractivity (Wildman–Crippen MR) is 118 cm³/mol. The number of carbonyl (C=O) groups is 1. The van der Waals surface area contributed by atoms with Gasteiger partial charge in [-0.05, 0) is 104 Å². The van der Waals surface area contributed by atoms with Crippen molar-refractivity contribution in [3.05, 3.63) is 0 Å². The number of hydrogen-bond donors (Lipinski definition) is 0. The Morgan fingerprint density at radius 1 is 0.857 bits per heavy atom. The van der Waals surface area contributed by atoms with E-state index in [-0.39, 0.29) is 5.92 Å². The Hall–Kier alpha value is -0.330. The second kappa shape index (κ2) is 7.73. The molecule has 0 N–H and O–H groups in total. The monoisotopic (exact) mass is 386 g/mol. The summed E-state index contributed by atoms with van der Waals surface area (Å²) in [5.74, 6) is 6.28. The number of hydrogen-bond acceptors (Lipinski definition) is 1. The van der Waals surface area contributed by atoms with Gasteiger partial charge in [0.1, 0.15) is 5.78 Å². The maximum atomic E-state index is 12.2. The molecule has 4 rings (SSSR count). The van der Waals surface area contributed by atoms with E-state index in [0.29, 0.717) is 16.6 Å². The SMILES string of the molecule is CC(C)C(=O)CC[C@@H](C)[C@H]1CC[C@H]2[C@@H]3CC[C@H]4CCCC[C@]4(C)[C@H]3CC[C@]12C. The lowest BCUT2D eigenvalue weighted by Gasteiger charge is -2.61. The highest BCUT2D eigenvalue weighted by atomic mass is 16.1. The molecule has 0 aromatic heterocycles. The van der Waals surface area contributed by atoms with E-state index in [4.69, 9.17) is 0 Å². The average Bonchev–Trinajstić information content (AvgIpc) is 3.02. The number of carbonyl (C=O) groups excluding carboxylic acids is 1. The lowest BCUT2D eigenvalue weighted by Crippen LogP contribution is -2.53. The standard InChI is InChI=1S/C27H46O/c1-18(2)25(28)14-9-19(3)22-12-13-23-21-11-10-20-8-6-7-16-26(20,4)24(21)15-17-27(22,23)5/h18-24H,6-17H2,1-5H3/t19-,20-,21+,22-,23+,24+,26+,27-/m1/s1. The Labute approximate surface area is 174 Å². The molecule has 28 heavy (non-hydrogen) atoms. The van der Waals surface area contributed by atoms with Gasteiger partial charge < -0.3 is 0 Å². The van der Waals surface area contributed by atoms with Gasteiger partial charge in [0.2, 0.25) is 0 Å². The van der Waals surface area contributed by atoms with Gasteiger partial charge >= 0.3 is 0 Å². The van der Waals surface area contributed by atoms with Crippen LogP contribution in [0.4, 0.5) is 0 Å². The van der Waals surface area contributed by atoms with Crippen LogP contribution in [0.1, 0.15) is 112 Å². The summed E-state index contributed by atoms with van der Waals surface area (Å²) in [6.07, 6.45) is 16.9. The van der Waals surface area contributed by atoms with Crippen LogP contribution in [0.5, 0.6) is 0 Å². The molecule has 1 heteroatoms. The minimum absolute atomic E-state index is 0.209. The van der Waals surface area contributed by atoms with Crippen LogP contribution in [0.25, 0.3) is 0 Å². The van der Waals surface area contributed by atoms with Crippen LogP contribution < -0.4 is 0 Å². The minimum atomic E-state index is 0.209. The van der Waals surface area contributed by atoms with E-state index in [0.717, 1.165) is 48.3 Å². The van der Waals surface area contributed by atoms with Crippen molar-refractivity contribution in [2.75, 3.05) is 0 Å². The highest BCUT2D eigenvalue weighted by molar-refractivity contribution is 5.80. The first kappa shape index (κ1) is 20.9. The summed E-state index contributed by atoms with van der Waals surface area (Å²) in [5.41, 5.74) is 1.22. The molecule has 0 heterocycles. The first-order valence-electron chi connectivity index (χ1n) is 12.8. The van der Waals surface area contributed by atoms with Gasteiger partial charge in [-0.25, -0.2) is 0 Å². The van der Waals surface area contributed by atoms with Gasteiger partial charge in [-0.1, -0.05) is 47.5 Å². The van der Waals surface area contributed by atoms with Crippen LogP contribution in [0.15, 0.2) is 0 Å². The van der Waals surface area contributed by atoms with Gasteiger partial charge in [0, 0.05) is 12.3 Å². The van der Waals surface area contributed by atoms with Crippen LogP contribution in [-0.2, 0) is 4.79 Å². The Kier molecular flexibility index (Phi) is 5.78. The second-order valence-electron chi connectivity index (χ2n) is 12.3. The quantitative estimate of drug-likeness (QED) is 0.473. The highest BCUT2D eigenvalue weighted by Crippen LogP contribution is 2.68. The van der Waals surface area contributed by atoms with E-state index in [1.165, 1.54) is 64.2 Å². The molecule has 0 spiro atoms. The molecule has 0 aliphatic heterocycles. The molecule has 0 unspecified atom stereocenters. The summed E-state index contributed by atoms with van der Waals surface area (Å²) in [6, 6.07) is 0. The number of ketones is 1. The molecule has 0 aromatic rings. The summed E-state index contributed by atoms with van der Waals surface area (Å²) in [7, 11) is 0. The number of rotatable bonds is 5. The Bertz CT molecular complexity index is 579. The molecule has 4 fully saturated rings. The van der Waals surface area contributed by atoms with Crippen LogP contribution in [0, 0.1) is 52.3 Å². The van der Waals surface area contributed by atoms with E-state index in [2.05, 4.69) is 34.6 Å². The zero-order chi connectivity index (χ0) is 20.1. The third kappa shape index (κ3) is 3.31. The molecule has 4 aliphatic rings. The van der Waals surface area contributed by atoms with Crippen molar-refractivity contribution in [2.24, 2.45) is 52.3 Å². The van der Waals surface area contributed by atoms with Gasteiger partial charge in [-0.15, -0.1) is 0 Å². The van der Waals surface area contributed by atoms with Crippen LogP contribution in [0.2, 0.25) is 0 Å². The van der Waals surface area contributed by atoms with Crippen LogP contribution in [-0.4, -0.2) is 5.78 Å². The fourth-order valence-corrected chi connectivity index (χ4v) is 9.13. The fourth-order valence-electron chi connectivity index (χ4n) is 9.13. The lowest BCUT2D eigenvalue weighted by atomic mass is 9.44. The van der Waals surface area contributed by atoms with Crippen molar-refractivity contribution in [3.63, 3.8) is 0 Å². The summed E-state index contributed by atoms with van der Waals surface area (Å²) in [6.45, 7) is 12.0. The van der Waals surface area contributed by atoms with E-state index >= 15 is 0 Å². The van der Waals surface area contributed by atoms with Crippen LogP contribution >= 0.6 is 0 Å². The van der Waals surface area contributed by atoms with Gasteiger partial charge in [-0.2, -0.15) is 0 Å². The summed E-state index contributed by atoms with van der Waals surface area (Å²) in [4.78, 5) is 12.2. The molecular weight excluding hydrogens is 340 g/mol. The fraction of sp³-hybridized carbons (Fsp3) is 0.963. The van der Waals surface area contributed by atoms with Gasteiger partial charge in [0.15, 0.2) is 0 Å². The third-order valence-electron chi connectivity index (χ3n) is 10.8. The first-order valence-corrected chi connectivity index (χ1v) is 12.8. The zero-order valence-electron chi connectivity index (χ0n) is 19.4. The molecule has 0 saturated heterocycles. The van der Waals surface area contributed by atoms with Crippen molar-refractivity contribution < 1.29 is 4.79 Å². The second-order valence-corrected chi connectivity index (χ2v) is 12.3. The molecule has 8 atom stereocenters. The van der Waals surface area contributed by atoms with Crippen molar-refractivity contribution in [1.82, 2.24) is 0 Å². The molecule has 160 valence electrons. The minimum Gasteiger partial charge on any atom is -0.299 e. The maximum absolute atomic E-state index is 12.2. The number of Topliss-reactive ketones (excluding diaryl/α,β-unsaturated/α-hetero) is 1. The Morgan fingerprint density at radius 2 is 1.61 bits per heavy atom.